The van der Waals surface area contributed by atoms with E-state index < -0.39 is 0 Å². The van der Waals surface area contributed by atoms with Crippen LogP contribution in [0.3, 0.4) is 0 Å². The van der Waals surface area contributed by atoms with Crippen LogP contribution in [0.4, 0.5) is 0 Å². The second-order valence-electron chi connectivity index (χ2n) is 15.1. The van der Waals surface area contributed by atoms with Gasteiger partial charge in [-0.15, -0.1) is 0 Å². The number of nitrogens with one attached hydrogen (secondary N) is 2. The second kappa shape index (κ2) is 11.5. The minimum Gasteiger partial charge on any atom is -0.359 e. The molecule has 0 aliphatic heterocycles. The highest BCUT2D eigenvalue weighted by Gasteiger charge is 2.61. The third-order valence-corrected chi connectivity index (χ3v) is 12.8. The lowest BCUT2D eigenvalue weighted by atomic mass is 9.44. The zero-order valence-electron chi connectivity index (χ0n) is 24.8. The molecule has 0 aromatic rings. The topological polar surface area (TPSA) is 36.4 Å². The molecule has 0 heterocycles. The predicted molar refractivity (Wildman–Crippen MR) is 162 cm³/mol. The summed E-state index contributed by atoms with van der Waals surface area (Å²) < 4.78 is 0. The molecule has 4 heteroatoms. The van der Waals surface area contributed by atoms with E-state index in [2.05, 4.69) is 45.4 Å². The van der Waals surface area contributed by atoms with Crippen molar-refractivity contribution < 1.29 is 0 Å². The lowest BCUT2D eigenvalue weighted by Crippen LogP contribution is -2.56. The molecule has 210 valence electrons. The number of hydrogen-bond donors (Lipinski definition) is 2. The summed E-state index contributed by atoms with van der Waals surface area (Å²) in [7, 11) is 0. The van der Waals surface area contributed by atoms with Crippen LogP contribution < -0.4 is 10.7 Å². The van der Waals surface area contributed by atoms with Gasteiger partial charge in [0.15, 0.2) is 5.11 Å². The number of hydrazone groups is 1. The van der Waals surface area contributed by atoms with Gasteiger partial charge in [0.05, 0.1) is 0 Å². The summed E-state index contributed by atoms with van der Waals surface area (Å²) >= 11 is 5.71. The van der Waals surface area contributed by atoms with E-state index in [1.165, 1.54) is 108 Å². The molecule has 0 amide bonds. The Morgan fingerprint density at radius 3 is 2.38 bits per heavy atom. The van der Waals surface area contributed by atoms with Gasteiger partial charge in [-0.25, -0.2) is 0 Å². The summed E-state index contributed by atoms with van der Waals surface area (Å²) in [5.74, 6) is 5.90. The van der Waals surface area contributed by atoms with E-state index in [0.717, 1.165) is 40.6 Å². The molecular formula is C33H57N3S. The van der Waals surface area contributed by atoms with Crippen molar-refractivity contribution in [2.45, 2.75) is 143 Å². The van der Waals surface area contributed by atoms with Crippen molar-refractivity contribution in [3.8, 4) is 0 Å². The van der Waals surface area contributed by atoms with Crippen molar-refractivity contribution in [3.05, 3.63) is 0 Å². The van der Waals surface area contributed by atoms with E-state index in [4.69, 9.17) is 17.3 Å². The van der Waals surface area contributed by atoms with Crippen molar-refractivity contribution in [1.29, 1.82) is 0 Å². The second-order valence-corrected chi connectivity index (χ2v) is 15.5. The summed E-state index contributed by atoms with van der Waals surface area (Å²) in [5.41, 5.74) is 5.80. The Labute approximate surface area is 234 Å². The molecule has 5 aliphatic rings. The van der Waals surface area contributed by atoms with Crippen LogP contribution in [-0.2, 0) is 0 Å². The molecular weight excluding hydrogens is 470 g/mol. The zero-order chi connectivity index (χ0) is 26.2. The van der Waals surface area contributed by atoms with Crippen LogP contribution in [-0.4, -0.2) is 16.9 Å². The Morgan fingerprint density at radius 2 is 1.62 bits per heavy atom. The minimum absolute atomic E-state index is 0.435. The van der Waals surface area contributed by atoms with Crippen LogP contribution in [0.15, 0.2) is 5.10 Å². The first-order valence-corrected chi connectivity index (χ1v) is 16.8. The first-order chi connectivity index (χ1) is 17.7. The monoisotopic (exact) mass is 527 g/mol. The van der Waals surface area contributed by atoms with Crippen LogP contribution in [0.5, 0.6) is 0 Å². The fourth-order valence-electron chi connectivity index (χ4n) is 10.7. The van der Waals surface area contributed by atoms with Gasteiger partial charge in [-0.05, 0) is 116 Å². The largest absolute Gasteiger partial charge is 0.359 e. The Bertz CT molecular complexity index is 831. The van der Waals surface area contributed by atoms with Gasteiger partial charge < -0.3 is 5.32 Å². The van der Waals surface area contributed by atoms with Crippen molar-refractivity contribution in [2.24, 2.45) is 57.4 Å². The quantitative estimate of drug-likeness (QED) is 0.256. The molecule has 5 fully saturated rings. The lowest BCUT2D eigenvalue weighted by Gasteiger charge is -2.61. The SMILES string of the molecule is CC(C)CCC[C@@H](C)[C@H]1CC[C@H]2[C@@H]3C/C(=N\NC(=S)NC4CCCC4)[C@H]4CCCC[C@]4(C)[C@H]3CC[C@]12C. The molecule has 8 atom stereocenters. The first kappa shape index (κ1) is 27.9. The smallest absolute Gasteiger partial charge is 0.187 e. The van der Waals surface area contributed by atoms with Gasteiger partial charge >= 0.3 is 0 Å². The molecule has 5 saturated carbocycles. The molecule has 0 aromatic heterocycles. The maximum atomic E-state index is 5.71. The van der Waals surface area contributed by atoms with Crippen LogP contribution in [0.1, 0.15) is 137 Å². The van der Waals surface area contributed by atoms with Crippen molar-refractivity contribution in [3.63, 3.8) is 0 Å². The molecule has 0 radical (unpaired) electrons. The van der Waals surface area contributed by atoms with Gasteiger partial charge in [-0.2, -0.15) is 5.10 Å². The molecule has 2 N–H and O–H groups in total. The summed E-state index contributed by atoms with van der Waals surface area (Å²) in [6.45, 7) is 12.7. The highest BCUT2D eigenvalue weighted by atomic mass is 32.1. The minimum atomic E-state index is 0.435. The highest BCUT2D eigenvalue weighted by molar-refractivity contribution is 7.80. The fraction of sp³-hybridized carbons (Fsp3) is 0.939. The van der Waals surface area contributed by atoms with Gasteiger partial charge in [0, 0.05) is 17.7 Å². The number of fused-ring (bicyclic) bond motifs is 5. The van der Waals surface area contributed by atoms with Crippen LogP contribution in [0.25, 0.3) is 0 Å². The number of thiocarbonyl (C=S) groups is 1. The van der Waals surface area contributed by atoms with Gasteiger partial charge in [-0.3, -0.25) is 5.43 Å². The maximum Gasteiger partial charge on any atom is 0.187 e. The Kier molecular flexibility index (Phi) is 8.64. The maximum absolute atomic E-state index is 5.71. The molecule has 0 aromatic carbocycles. The molecule has 0 bridgehead atoms. The van der Waals surface area contributed by atoms with Gasteiger partial charge in [-0.1, -0.05) is 79.6 Å². The molecule has 0 spiro atoms. The molecule has 5 aliphatic carbocycles. The number of nitrogens with zero attached hydrogens (tertiary/aromatic N) is 1. The Morgan fingerprint density at radius 1 is 0.892 bits per heavy atom. The van der Waals surface area contributed by atoms with E-state index in [1.807, 2.05) is 0 Å². The van der Waals surface area contributed by atoms with E-state index in [0.29, 0.717) is 22.8 Å². The van der Waals surface area contributed by atoms with E-state index >= 15 is 0 Å². The average Bonchev–Trinajstić information content (AvgIpc) is 3.49. The summed E-state index contributed by atoms with van der Waals surface area (Å²) in [5, 5.41) is 9.46. The average molecular weight is 528 g/mol. The van der Waals surface area contributed by atoms with E-state index in [-0.39, 0.29) is 0 Å². The number of hydrogen-bond acceptors (Lipinski definition) is 2. The molecule has 5 rings (SSSR count). The molecule has 3 nitrogen and oxygen atoms in total. The standard InChI is InChI=1S/C33H57N3S/c1-22(2)11-10-12-23(3)26-16-17-27-25-21-30(35-36-31(37)34-24-13-6-7-14-24)29-15-8-9-19-32(29,4)28(25)18-20-33(26,27)5/h22-29H,6-21H2,1-5H3,(H2,34,36,37)/b35-30+/t23-,25+,26-,27+,28+,29-,32-,33-/m1/s1. The summed E-state index contributed by atoms with van der Waals surface area (Å²) in [6.07, 6.45) is 22.0. The van der Waals surface area contributed by atoms with Gasteiger partial charge in [0.1, 0.15) is 0 Å². The molecule has 0 unspecified atom stereocenters. The van der Waals surface area contributed by atoms with Crippen molar-refractivity contribution in [2.75, 3.05) is 0 Å². The highest BCUT2D eigenvalue weighted by Crippen LogP contribution is 2.68. The Hall–Kier alpha value is -0.640. The van der Waals surface area contributed by atoms with Crippen LogP contribution in [0.2, 0.25) is 0 Å². The van der Waals surface area contributed by atoms with Gasteiger partial charge in [0.2, 0.25) is 0 Å². The van der Waals surface area contributed by atoms with Crippen molar-refractivity contribution in [1.82, 2.24) is 10.7 Å². The van der Waals surface area contributed by atoms with Crippen molar-refractivity contribution >= 4 is 23.0 Å². The summed E-state index contributed by atoms with van der Waals surface area (Å²) in [6, 6.07) is 0.549. The van der Waals surface area contributed by atoms with Gasteiger partial charge in [0.25, 0.3) is 0 Å². The number of rotatable bonds is 7. The molecule has 0 saturated heterocycles. The fourth-order valence-corrected chi connectivity index (χ4v) is 10.9. The molecule has 37 heavy (non-hydrogen) atoms. The van der Waals surface area contributed by atoms with Crippen LogP contribution in [0, 0.1) is 52.3 Å². The first-order valence-electron chi connectivity index (χ1n) is 16.4. The van der Waals surface area contributed by atoms with E-state index in [1.54, 1.807) is 0 Å². The third-order valence-electron chi connectivity index (χ3n) is 12.6. The third kappa shape index (κ3) is 5.53. The summed E-state index contributed by atoms with van der Waals surface area (Å²) in [4.78, 5) is 0. The predicted octanol–water partition coefficient (Wildman–Crippen LogP) is 8.87. The Balaban J connectivity index is 1.32. The van der Waals surface area contributed by atoms with E-state index in [9.17, 15) is 0 Å². The normalized spacial score (nSPS) is 41.8. The van der Waals surface area contributed by atoms with Crippen LogP contribution >= 0.6 is 12.2 Å². The zero-order valence-corrected chi connectivity index (χ0v) is 25.6. The lowest BCUT2D eigenvalue weighted by molar-refractivity contribution is -0.0798.